The molecule has 20 aromatic rings. The molecule has 25 rings (SSSR count). The van der Waals surface area contributed by atoms with Gasteiger partial charge in [-0.3, -0.25) is 47.5 Å². The SMILES string of the molecule is CC1C(c2cn[nH]c2)OCCN1c1ccnc(-c2cnc3cnc(Cl)cn23)n1.CC1CN(c2ccnc(-c3cnc4cnc(C(F)(F)F)cn34)n2)CC(c2cn[nH]c2)O1.CC1CN(c2ccnc(-c3cnc4cnc(C(F)(F)F)cn34)n2)CC(c2cn[nH]c2)O1.FC(F)(F)c1cn2c(-c3nccc(N4CCOC(c5cn[nH]c5)C4)n3)cnc2cn1.FC(F)(F)c1cn2c(-c3nccc(N4CCOC(c5cn[nH]c5)C4)n3)cnc2cn1. The van der Waals surface area contributed by atoms with Gasteiger partial charge in [0, 0.05) is 167 Å². The van der Waals surface area contributed by atoms with Crippen LogP contribution in [0.1, 0.15) is 102 Å². The molecule has 0 amide bonds. The second kappa shape index (κ2) is 41.6. The number of halogens is 13. The summed E-state index contributed by atoms with van der Waals surface area (Å²) in [5, 5.41) is 34.3. The third-order valence-electron chi connectivity index (χ3n) is 24.7. The van der Waals surface area contributed by atoms with E-state index in [2.05, 4.69) is 167 Å². The molecule has 20 aromatic heterocycles. The molecule has 25 heterocycles. The standard InChI is InChI=1S/2C19H17F3N8O.C18H17ClN8O.2C18H15F3N8O/c2*1-11-8-29(9-14(31-11)12-4-26-27-5-12)16-2-3-23-18(28-16)13-6-25-17-7-24-15(10-30(13)17)19(20,21)22;1-11-17(12-6-23-24-7-12)28-5-4-26(11)15-2-3-20-18(25-15)13-8-22-16-9-21-14(19)10-27(13)16;2*19-18(20,21)14-10-29-12(7-24-16(29)8-23-14)17-22-2-1-15(27-17)28-3-4-30-13(9-28)11-5-25-26-6-11/h2*2-7,10-11,14H,8-9H2,1H3,(H,26,27);2-3,6-11,17H,4-5H2,1H3,(H,23,24);2*1-2,5-8,10,13H,3-4,9H2,(H,25,26). The predicted octanol–water partition coefficient (Wildman–Crippen LogP) is 13.3. The fourth-order valence-corrected chi connectivity index (χ4v) is 17.6. The maximum Gasteiger partial charge on any atom is 0.434 e. The van der Waals surface area contributed by atoms with Gasteiger partial charge in [0.2, 0.25) is 0 Å². The first kappa shape index (κ1) is 98.8. The van der Waals surface area contributed by atoms with Gasteiger partial charge in [0.05, 0.1) is 144 Å². The molecule has 0 radical (unpaired) electrons. The number of fused-ring (bicyclic) bond motifs is 5. The molecule has 5 saturated heterocycles. The topological polar surface area (TPSA) is 486 Å². The molecular weight excluding hydrogens is 2010 g/mol. The smallest absolute Gasteiger partial charge is 0.370 e. The number of imidazole rings is 5. The van der Waals surface area contributed by atoms with Gasteiger partial charge < -0.3 is 48.2 Å². The molecular formula is C92H81ClF12N40O5. The van der Waals surface area contributed by atoms with Crippen molar-refractivity contribution < 1.29 is 76.4 Å². The van der Waals surface area contributed by atoms with Crippen molar-refractivity contribution in [1.29, 1.82) is 0 Å². The highest BCUT2D eigenvalue weighted by Crippen LogP contribution is 2.40. The fraction of sp³-hybridized carbons (Fsp3) is 0.293. The molecule has 8 unspecified atom stereocenters. The number of ether oxygens (including phenoxy) is 5. The van der Waals surface area contributed by atoms with E-state index in [1.807, 2.05) is 40.3 Å². The highest BCUT2D eigenvalue weighted by Gasteiger charge is 2.40. The van der Waals surface area contributed by atoms with Crippen molar-refractivity contribution in [3.05, 3.63) is 272 Å². The highest BCUT2D eigenvalue weighted by molar-refractivity contribution is 6.29. The first-order valence-electron chi connectivity index (χ1n) is 46.1. The minimum atomic E-state index is -4.57. The molecule has 5 fully saturated rings. The molecule has 5 aliphatic rings. The van der Waals surface area contributed by atoms with Gasteiger partial charge in [-0.05, 0) is 51.1 Å². The molecule has 0 spiro atoms. The van der Waals surface area contributed by atoms with E-state index < -0.39 is 47.5 Å². The van der Waals surface area contributed by atoms with E-state index in [9.17, 15) is 52.7 Å². The predicted molar refractivity (Wildman–Crippen MR) is 506 cm³/mol. The van der Waals surface area contributed by atoms with Crippen LogP contribution in [0.15, 0.2) is 216 Å². The third kappa shape index (κ3) is 21.5. The van der Waals surface area contributed by atoms with E-state index in [0.717, 1.165) is 95.4 Å². The van der Waals surface area contributed by atoms with Crippen LogP contribution in [0.4, 0.5) is 81.8 Å². The monoisotopic (exact) mass is 2090 g/mol. The quantitative estimate of drug-likeness (QED) is 0.0595. The summed E-state index contributed by atoms with van der Waals surface area (Å²) in [5.41, 5.74) is 4.63. The Morgan fingerprint density at radius 2 is 0.573 bits per heavy atom. The molecule has 150 heavy (non-hydrogen) atoms. The Bertz CT molecular complexity index is 7660. The summed E-state index contributed by atoms with van der Waals surface area (Å²) in [7, 11) is 0. The summed E-state index contributed by atoms with van der Waals surface area (Å²) in [6, 6.07) is 9.05. The molecule has 5 aliphatic heterocycles. The molecule has 0 aliphatic carbocycles. The number of morpholine rings is 5. The number of anilines is 5. The van der Waals surface area contributed by atoms with Crippen molar-refractivity contribution in [2.75, 3.05) is 103 Å². The first-order valence-corrected chi connectivity index (χ1v) is 46.5. The van der Waals surface area contributed by atoms with Gasteiger partial charge in [0.25, 0.3) is 0 Å². The second-order valence-electron chi connectivity index (χ2n) is 34.5. The van der Waals surface area contributed by atoms with Crippen LogP contribution in [-0.2, 0) is 48.4 Å². The van der Waals surface area contributed by atoms with Crippen molar-refractivity contribution in [2.45, 2.75) is 94.2 Å². The van der Waals surface area contributed by atoms with Crippen LogP contribution in [0.3, 0.4) is 0 Å². The van der Waals surface area contributed by atoms with Crippen molar-refractivity contribution in [3.8, 4) is 57.6 Å². The van der Waals surface area contributed by atoms with Gasteiger partial charge in [-0.2, -0.15) is 78.2 Å². The van der Waals surface area contributed by atoms with Gasteiger partial charge in [-0.15, -0.1) is 0 Å². The van der Waals surface area contributed by atoms with E-state index >= 15 is 0 Å². The normalized spacial score (nSPS) is 18.9. The summed E-state index contributed by atoms with van der Waals surface area (Å²) in [6.45, 7) is 13.1. The maximum absolute atomic E-state index is 13.1. The zero-order valence-corrected chi connectivity index (χ0v) is 79.2. The Morgan fingerprint density at radius 3 is 0.893 bits per heavy atom. The molecule has 0 bridgehead atoms. The number of hydrogen-bond acceptors (Lipinski definition) is 35. The largest absolute Gasteiger partial charge is 0.434 e. The summed E-state index contributed by atoms with van der Waals surface area (Å²) >= 11 is 6.04. The van der Waals surface area contributed by atoms with E-state index in [4.69, 9.17) is 40.3 Å². The minimum Gasteiger partial charge on any atom is -0.370 e. The van der Waals surface area contributed by atoms with Crippen LogP contribution in [0.25, 0.3) is 85.8 Å². The van der Waals surface area contributed by atoms with Crippen molar-refractivity contribution in [1.82, 2.24) is 173 Å². The Labute approximate surface area is 841 Å². The zero-order chi connectivity index (χ0) is 104. The second-order valence-corrected chi connectivity index (χ2v) is 34.9. The zero-order valence-electron chi connectivity index (χ0n) is 78.4. The van der Waals surface area contributed by atoms with Gasteiger partial charge >= 0.3 is 24.7 Å². The molecule has 8 atom stereocenters. The Kier molecular flexibility index (Phi) is 27.4. The first-order chi connectivity index (χ1) is 72.4. The number of H-pyrrole nitrogens is 5. The third-order valence-corrected chi connectivity index (χ3v) is 24.9. The van der Waals surface area contributed by atoms with Crippen LogP contribution in [0, 0.1) is 0 Å². The number of alkyl halides is 12. The van der Waals surface area contributed by atoms with Gasteiger partial charge in [-0.25, -0.2) is 99.7 Å². The number of hydrogen-bond donors (Lipinski definition) is 5. The number of rotatable bonds is 15. The number of nitrogens with zero attached hydrogens (tertiary/aromatic N) is 35. The summed E-state index contributed by atoms with van der Waals surface area (Å²) < 4.78 is 194. The van der Waals surface area contributed by atoms with Gasteiger partial charge in [0.15, 0.2) is 80.1 Å². The highest BCUT2D eigenvalue weighted by atomic mass is 35.5. The Morgan fingerprint density at radius 1 is 0.293 bits per heavy atom. The molecule has 0 aromatic carbocycles. The molecule has 0 saturated carbocycles. The lowest BCUT2D eigenvalue weighted by atomic mass is 10.0. The lowest BCUT2D eigenvalue weighted by molar-refractivity contribution is -0.142. The minimum absolute atomic E-state index is 0.0525. The molecule has 5 N–H and O–H groups in total. The van der Waals surface area contributed by atoms with Gasteiger partial charge in [0.1, 0.15) is 93.2 Å². The average Bonchev–Trinajstić information content (AvgIpc) is 1.64. The molecule has 45 nitrogen and oxygen atoms in total. The Hall–Kier alpha value is -17.2. The van der Waals surface area contributed by atoms with E-state index in [0.29, 0.717) is 135 Å². The van der Waals surface area contributed by atoms with E-state index in [1.165, 1.54) is 42.4 Å². The summed E-state index contributed by atoms with van der Waals surface area (Å²) in [6.07, 6.45) is 25.3. The van der Waals surface area contributed by atoms with Crippen LogP contribution in [-0.4, -0.2) is 270 Å². The van der Waals surface area contributed by atoms with Crippen LogP contribution >= 0.6 is 11.6 Å². The lowest BCUT2D eigenvalue weighted by Crippen LogP contribution is -2.46. The fourth-order valence-electron chi connectivity index (χ4n) is 17.5. The number of aromatic nitrogens is 35. The van der Waals surface area contributed by atoms with Gasteiger partial charge in [-0.1, -0.05) is 11.6 Å². The lowest BCUT2D eigenvalue weighted by Gasteiger charge is -2.39. The number of nitrogens with one attached hydrogen (secondary N) is 5. The Balaban J connectivity index is 0.000000110. The van der Waals surface area contributed by atoms with Crippen molar-refractivity contribution in [2.24, 2.45) is 0 Å². The van der Waals surface area contributed by atoms with E-state index in [-0.39, 0.29) is 94.7 Å². The van der Waals surface area contributed by atoms with Crippen molar-refractivity contribution >= 4 is 68.9 Å². The van der Waals surface area contributed by atoms with Crippen LogP contribution in [0.5, 0.6) is 0 Å². The summed E-state index contributed by atoms with van der Waals surface area (Å²) in [5.74, 6) is 5.08. The molecule has 58 heteroatoms. The number of aromatic amines is 5. The maximum atomic E-state index is 13.1. The van der Waals surface area contributed by atoms with Crippen molar-refractivity contribution in [3.63, 3.8) is 0 Å². The molecule has 770 valence electrons. The van der Waals surface area contributed by atoms with Crippen LogP contribution < -0.4 is 24.5 Å². The summed E-state index contributed by atoms with van der Waals surface area (Å²) in [4.78, 5) is 93.7. The van der Waals surface area contributed by atoms with E-state index in [1.54, 1.807) is 130 Å². The average molecular weight is 2090 g/mol. The van der Waals surface area contributed by atoms with Crippen LogP contribution in [0.2, 0.25) is 5.15 Å².